The number of anilines is 1. The third-order valence-electron chi connectivity index (χ3n) is 11.5. The van der Waals surface area contributed by atoms with Crippen LogP contribution in [0.5, 0.6) is 5.75 Å². The minimum atomic E-state index is -0.895. The Balaban J connectivity index is 1.40. The van der Waals surface area contributed by atoms with Gasteiger partial charge in [-0.1, -0.05) is 60.6 Å². The minimum Gasteiger partial charge on any atom is -0.496 e. The van der Waals surface area contributed by atoms with Gasteiger partial charge in [-0.05, 0) is 66.7 Å². The number of aliphatic hydroxyl groups excluding tert-OH is 2. The molecule has 1 heterocycles. The molecule has 0 radical (unpaired) electrons. The SMILES string of the molecule is COc1c(CN2O[C@@H](CO)[C@@H]([C@H](C)O)[C@H]2C(=O)N[C@H]2C[C@H]3C[C@H]([C@@H]2C)C3(C)C)cccc1-c1cc(C(=O)NCCSSCCN)cc(N(C)C)c1. The van der Waals surface area contributed by atoms with E-state index in [0.717, 1.165) is 40.3 Å². The summed E-state index contributed by atoms with van der Waals surface area (Å²) in [5.74, 6) is 2.70. The fraction of sp³-hybridized carbons (Fsp3) is 0.632. The second-order valence-electron chi connectivity index (χ2n) is 15.1. The molecule has 0 spiro atoms. The zero-order chi connectivity index (χ0) is 37.0. The van der Waals surface area contributed by atoms with Crippen LogP contribution in [0, 0.1) is 29.1 Å². The van der Waals surface area contributed by atoms with Gasteiger partial charge in [0.05, 0.1) is 26.4 Å². The Morgan fingerprint density at radius 1 is 1.18 bits per heavy atom. The molecule has 2 bridgehead atoms. The normalized spacial score (nSPS) is 27.4. The molecule has 2 aromatic carbocycles. The fourth-order valence-electron chi connectivity index (χ4n) is 8.46. The number of hydroxylamine groups is 2. The van der Waals surface area contributed by atoms with Gasteiger partial charge in [-0.2, -0.15) is 5.06 Å². The van der Waals surface area contributed by atoms with Gasteiger partial charge in [-0.25, -0.2) is 0 Å². The van der Waals surface area contributed by atoms with Gasteiger partial charge in [-0.3, -0.25) is 14.4 Å². The van der Waals surface area contributed by atoms with Crippen LogP contribution in [0.15, 0.2) is 36.4 Å². The van der Waals surface area contributed by atoms with Crippen molar-refractivity contribution in [3.05, 3.63) is 47.5 Å². The number of rotatable bonds is 16. The van der Waals surface area contributed by atoms with Gasteiger partial charge in [0.15, 0.2) is 0 Å². The van der Waals surface area contributed by atoms with E-state index in [-0.39, 0.29) is 36.4 Å². The van der Waals surface area contributed by atoms with E-state index in [4.69, 9.17) is 15.3 Å². The van der Waals surface area contributed by atoms with Crippen LogP contribution in [0.2, 0.25) is 0 Å². The molecule has 1 saturated heterocycles. The number of nitrogens with two attached hydrogens (primary N) is 1. The number of ether oxygens (including phenoxy) is 1. The van der Waals surface area contributed by atoms with Crippen LogP contribution < -0.4 is 26.0 Å². The van der Waals surface area contributed by atoms with Crippen LogP contribution in [0.3, 0.4) is 0 Å². The first-order chi connectivity index (χ1) is 24.3. The molecule has 3 saturated carbocycles. The lowest BCUT2D eigenvalue weighted by molar-refractivity contribution is -0.183. The summed E-state index contributed by atoms with van der Waals surface area (Å²) in [5, 5.41) is 29.2. The quantitative estimate of drug-likeness (QED) is 0.125. The van der Waals surface area contributed by atoms with Gasteiger partial charge in [0.1, 0.15) is 17.9 Å². The summed E-state index contributed by atoms with van der Waals surface area (Å²) in [6.45, 7) is 9.55. The van der Waals surface area contributed by atoms with Gasteiger partial charge in [-0.15, -0.1) is 0 Å². The van der Waals surface area contributed by atoms with Crippen molar-refractivity contribution in [2.75, 3.05) is 57.3 Å². The molecule has 3 aliphatic carbocycles. The van der Waals surface area contributed by atoms with Crippen LogP contribution in [-0.2, 0) is 16.2 Å². The van der Waals surface area contributed by atoms with Gasteiger partial charge < -0.3 is 36.2 Å². The molecule has 13 heteroatoms. The number of nitrogens with zero attached hydrogens (tertiary/aromatic N) is 2. The number of hydrogen-bond donors (Lipinski definition) is 5. The molecule has 2 amide bonds. The number of carbonyl (C=O) groups excluding carboxylic acids is 2. The number of aliphatic hydroxyl groups is 2. The highest BCUT2D eigenvalue weighted by molar-refractivity contribution is 8.76. The van der Waals surface area contributed by atoms with Crippen molar-refractivity contribution in [2.45, 2.75) is 71.4 Å². The van der Waals surface area contributed by atoms with Crippen molar-refractivity contribution in [3.8, 4) is 16.9 Å². The second-order valence-corrected chi connectivity index (χ2v) is 17.8. The summed E-state index contributed by atoms with van der Waals surface area (Å²) in [6, 6.07) is 10.8. The van der Waals surface area contributed by atoms with E-state index in [9.17, 15) is 19.8 Å². The molecule has 8 atom stereocenters. The van der Waals surface area contributed by atoms with E-state index in [1.165, 1.54) is 6.42 Å². The van der Waals surface area contributed by atoms with Crippen molar-refractivity contribution in [2.24, 2.45) is 34.8 Å². The van der Waals surface area contributed by atoms with Crippen LogP contribution in [0.1, 0.15) is 56.5 Å². The zero-order valence-corrected chi connectivity index (χ0v) is 32.7. The monoisotopic (exact) mass is 743 g/mol. The van der Waals surface area contributed by atoms with E-state index in [1.807, 2.05) is 55.4 Å². The number of para-hydroxylation sites is 1. The third kappa shape index (κ3) is 8.50. The van der Waals surface area contributed by atoms with Crippen molar-refractivity contribution in [3.63, 3.8) is 0 Å². The topological polar surface area (TPSA) is 150 Å². The molecular weight excluding hydrogens is 687 g/mol. The highest BCUT2D eigenvalue weighted by Crippen LogP contribution is 2.61. The van der Waals surface area contributed by atoms with Gasteiger partial charge in [0.2, 0.25) is 5.91 Å². The lowest BCUT2D eigenvalue weighted by atomic mass is 9.45. The largest absolute Gasteiger partial charge is 0.496 e. The number of amides is 2. The van der Waals surface area contributed by atoms with Gasteiger partial charge >= 0.3 is 0 Å². The minimum absolute atomic E-state index is 0.0426. The van der Waals surface area contributed by atoms with Crippen LogP contribution in [0.4, 0.5) is 5.69 Å². The summed E-state index contributed by atoms with van der Waals surface area (Å²) in [5.41, 5.74) is 9.60. The molecule has 51 heavy (non-hydrogen) atoms. The molecular formula is C38H57N5O6S2. The first-order valence-electron chi connectivity index (χ1n) is 18.1. The van der Waals surface area contributed by atoms with E-state index in [1.54, 1.807) is 40.7 Å². The van der Waals surface area contributed by atoms with Gasteiger partial charge in [0, 0.05) is 73.0 Å². The lowest BCUT2D eigenvalue weighted by Crippen LogP contribution is -2.62. The summed E-state index contributed by atoms with van der Waals surface area (Å²) in [4.78, 5) is 35.7. The first kappa shape index (κ1) is 39.7. The Kier molecular flexibility index (Phi) is 13.3. The number of fused-ring (bicyclic) bond motifs is 2. The lowest BCUT2D eigenvalue weighted by Gasteiger charge is -2.62. The Labute approximate surface area is 311 Å². The first-order valence-corrected chi connectivity index (χ1v) is 20.5. The predicted octanol–water partition coefficient (Wildman–Crippen LogP) is 4.16. The standard InChI is InChI=1S/C38H57N5O6S2/c1-22-30-18-27(38(30,3)4)19-31(22)41-37(47)34-33(23(2)45)32(21-44)49-43(34)20-24-9-8-10-29(35(24)48-7)25-15-26(17-28(16-25)42(5)6)36(46)40-12-14-51-50-13-11-39/h8-10,15-17,22-23,27,30-34,44-45H,11-14,18-21,39H2,1-7H3,(H,40,46)(H,41,47)/t22-,23-,27+,30+,31-,32-,33+,34-/m0/s1. The predicted molar refractivity (Wildman–Crippen MR) is 207 cm³/mol. The molecule has 6 N–H and O–H groups in total. The fourth-order valence-corrected chi connectivity index (χ4v) is 10.2. The Hall–Kier alpha value is -2.52. The highest BCUT2D eigenvalue weighted by Gasteiger charge is 2.57. The third-order valence-corrected chi connectivity index (χ3v) is 13.9. The van der Waals surface area contributed by atoms with E-state index < -0.39 is 24.2 Å². The maximum absolute atomic E-state index is 14.2. The average Bonchev–Trinajstić information content (AvgIpc) is 3.48. The smallest absolute Gasteiger partial charge is 0.251 e. The summed E-state index contributed by atoms with van der Waals surface area (Å²) < 4.78 is 6.04. The molecule has 0 aromatic heterocycles. The molecule has 4 aliphatic rings. The van der Waals surface area contributed by atoms with Crippen molar-refractivity contribution >= 4 is 39.1 Å². The molecule has 282 valence electrons. The van der Waals surface area contributed by atoms with Gasteiger partial charge in [0.25, 0.3) is 5.91 Å². The molecule has 6 rings (SSSR count). The Morgan fingerprint density at radius 2 is 1.92 bits per heavy atom. The summed E-state index contributed by atoms with van der Waals surface area (Å²) in [7, 11) is 8.86. The van der Waals surface area contributed by atoms with E-state index in [0.29, 0.717) is 42.2 Å². The number of carbonyl (C=O) groups is 2. The number of benzene rings is 2. The number of hydrogen-bond acceptors (Lipinski definition) is 11. The number of methoxy groups -OCH3 is 1. The highest BCUT2D eigenvalue weighted by atomic mass is 33.1. The van der Waals surface area contributed by atoms with Crippen molar-refractivity contribution < 1.29 is 29.4 Å². The molecule has 11 nitrogen and oxygen atoms in total. The average molecular weight is 744 g/mol. The van der Waals surface area contributed by atoms with Crippen molar-refractivity contribution in [1.29, 1.82) is 0 Å². The maximum Gasteiger partial charge on any atom is 0.251 e. The Morgan fingerprint density at radius 3 is 2.55 bits per heavy atom. The molecule has 1 aliphatic heterocycles. The van der Waals surface area contributed by atoms with Crippen LogP contribution in [-0.4, -0.2) is 104 Å². The Bertz CT molecular complexity index is 1530. The zero-order valence-electron chi connectivity index (χ0n) is 31.1. The molecule has 4 fully saturated rings. The maximum atomic E-state index is 14.2. The molecule has 2 aromatic rings. The van der Waals surface area contributed by atoms with Crippen molar-refractivity contribution in [1.82, 2.24) is 15.7 Å². The summed E-state index contributed by atoms with van der Waals surface area (Å²) in [6.07, 6.45) is 0.493. The number of nitrogens with one attached hydrogen (secondary N) is 2. The van der Waals surface area contributed by atoms with E-state index in [2.05, 4.69) is 31.4 Å². The second kappa shape index (κ2) is 17.1. The molecule has 0 unspecified atom stereocenters. The van der Waals surface area contributed by atoms with Crippen LogP contribution in [0.25, 0.3) is 11.1 Å². The summed E-state index contributed by atoms with van der Waals surface area (Å²) >= 11 is 0. The van der Waals surface area contributed by atoms with E-state index >= 15 is 0 Å². The van der Waals surface area contributed by atoms with Crippen LogP contribution >= 0.6 is 21.6 Å².